The summed E-state index contributed by atoms with van der Waals surface area (Å²) in [5.74, 6) is 0.622. The highest BCUT2D eigenvalue weighted by atomic mass is 15.0. The summed E-state index contributed by atoms with van der Waals surface area (Å²) < 4.78 is 45.4. The molecule has 55 heavy (non-hydrogen) atoms. The molecule has 11 rings (SSSR count). The van der Waals surface area contributed by atoms with E-state index in [1.165, 1.54) is 0 Å². The normalized spacial score (nSPS) is 12.9. The zero-order valence-electron chi connectivity index (χ0n) is 34.4. The van der Waals surface area contributed by atoms with Crippen LogP contribution >= 0.6 is 0 Å². The van der Waals surface area contributed by atoms with Crippen LogP contribution in [0, 0.1) is 0 Å². The van der Waals surface area contributed by atoms with Crippen molar-refractivity contribution in [3.05, 3.63) is 194 Å². The van der Waals surface area contributed by atoms with Crippen molar-refractivity contribution in [1.29, 1.82) is 0 Å². The van der Waals surface area contributed by atoms with Crippen molar-refractivity contribution in [2.75, 3.05) is 0 Å². The van der Waals surface area contributed by atoms with Gasteiger partial charge >= 0.3 is 0 Å². The molecule has 0 unspecified atom stereocenters. The molecule has 0 fully saturated rings. The largest absolute Gasteiger partial charge is 0.309 e. The maximum Gasteiger partial charge on any atom is 0.164 e. The summed E-state index contributed by atoms with van der Waals surface area (Å²) in [4.78, 5) is 15.0. The third-order valence-electron chi connectivity index (χ3n) is 10.5. The van der Waals surface area contributed by atoms with Crippen LogP contribution in [0.1, 0.15) is 6.85 Å². The van der Waals surface area contributed by atoms with E-state index in [-0.39, 0.29) is 23.5 Å². The summed E-state index contributed by atoms with van der Waals surface area (Å²) in [7, 11) is 0. The lowest BCUT2D eigenvalue weighted by Gasteiger charge is -2.17. The highest BCUT2D eigenvalue weighted by molar-refractivity contribution is 6.26. The van der Waals surface area contributed by atoms with Gasteiger partial charge in [0, 0.05) is 33.2 Å². The van der Waals surface area contributed by atoms with E-state index < -0.39 is 18.1 Å². The molecule has 256 valence electrons. The Morgan fingerprint density at radius 3 is 1.53 bits per heavy atom. The fraction of sp³-hybridized carbons (Fsp3) is 0. The van der Waals surface area contributed by atoms with Crippen LogP contribution < -0.4 is 0 Å². The molecular formula is C51H32N4. The Hall–Kier alpha value is -7.43. The van der Waals surface area contributed by atoms with E-state index in [1.807, 2.05) is 42.5 Å². The van der Waals surface area contributed by atoms with Gasteiger partial charge in [-0.1, -0.05) is 152 Å². The first-order chi connectivity index (χ1) is 29.4. The minimum atomic E-state index is -0.480. The van der Waals surface area contributed by atoms with Gasteiger partial charge in [-0.25, -0.2) is 15.0 Å². The van der Waals surface area contributed by atoms with E-state index in [1.54, 1.807) is 0 Å². The quantitative estimate of drug-likeness (QED) is 0.167. The molecular weight excluding hydrogens is 669 g/mol. The monoisotopic (exact) mass is 705 g/mol. The number of rotatable bonds is 5. The van der Waals surface area contributed by atoms with E-state index in [0.717, 1.165) is 70.9 Å². The number of para-hydroxylation sites is 2. The van der Waals surface area contributed by atoms with Gasteiger partial charge in [-0.15, -0.1) is 0 Å². The van der Waals surface area contributed by atoms with Crippen molar-refractivity contribution in [2.24, 2.45) is 0 Å². The lowest BCUT2D eigenvalue weighted by Crippen LogP contribution is -2.01. The first-order valence-corrected chi connectivity index (χ1v) is 18.2. The zero-order chi connectivity index (χ0) is 40.6. The first-order valence-electron chi connectivity index (χ1n) is 20.7. The van der Waals surface area contributed by atoms with Crippen LogP contribution in [-0.4, -0.2) is 19.5 Å². The molecule has 0 atom stereocenters. The van der Waals surface area contributed by atoms with Crippen LogP contribution in [0.5, 0.6) is 0 Å². The van der Waals surface area contributed by atoms with Crippen molar-refractivity contribution in [3.63, 3.8) is 0 Å². The molecule has 2 heterocycles. The van der Waals surface area contributed by atoms with Gasteiger partial charge in [0.2, 0.25) is 0 Å². The molecule has 0 aliphatic carbocycles. The molecule has 0 N–H and O–H groups in total. The Labute approximate surface area is 324 Å². The summed E-state index contributed by atoms with van der Waals surface area (Å²) in [5.41, 5.74) is 6.37. The molecule has 0 amide bonds. The van der Waals surface area contributed by atoms with Crippen molar-refractivity contribution in [2.45, 2.75) is 0 Å². The van der Waals surface area contributed by atoms with E-state index in [2.05, 4.69) is 126 Å². The SMILES string of the molecule is [2H]c1c([2H])c([2H])c(-c2nc(-c3ccccc3)nc(-c3cc4c5ccccc5c5ccccc5c4cc3-c3ccc4c(c3)c3ccccc3n4-c3ccccc3)n2)c([2H])c1[2H]. The smallest absolute Gasteiger partial charge is 0.164 e. The third kappa shape index (κ3) is 5.11. The first kappa shape index (κ1) is 26.4. The molecule has 0 radical (unpaired) electrons. The average Bonchev–Trinajstić information content (AvgIpc) is 3.64. The molecule has 4 nitrogen and oxygen atoms in total. The zero-order valence-corrected chi connectivity index (χ0v) is 29.4. The summed E-state index contributed by atoms with van der Waals surface area (Å²) in [6, 6.07) is 53.9. The molecule has 0 aliphatic heterocycles. The second-order valence-electron chi connectivity index (χ2n) is 13.6. The molecule has 9 aromatic carbocycles. The predicted molar refractivity (Wildman–Crippen MR) is 228 cm³/mol. The van der Waals surface area contributed by atoms with Gasteiger partial charge < -0.3 is 4.57 Å². The fourth-order valence-corrected chi connectivity index (χ4v) is 8.06. The van der Waals surface area contributed by atoms with Gasteiger partial charge in [-0.3, -0.25) is 0 Å². The second kappa shape index (κ2) is 12.6. The van der Waals surface area contributed by atoms with Gasteiger partial charge in [0.15, 0.2) is 17.5 Å². The Bertz CT molecular complexity index is 3520. The summed E-state index contributed by atoms with van der Waals surface area (Å²) in [6.45, 7) is 0. The molecule has 2 aromatic heterocycles. The molecule has 4 heteroatoms. The maximum absolute atomic E-state index is 8.91. The summed E-state index contributed by atoms with van der Waals surface area (Å²) in [5, 5.41) is 8.73. The van der Waals surface area contributed by atoms with Crippen molar-refractivity contribution in [1.82, 2.24) is 19.5 Å². The van der Waals surface area contributed by atoms with Gasteiger partial charge in [-0.2, -0.15) is 0 Å². The topological polar surface area (TPSA) is 43.6 Å². The van der Waals surface area contributed by atoms with E-state index in [9.17, 15) is 0 Å². The molecule has 11 aromatic rings. The van der Waals surface area contributed by atoms with Crippen LogP contribution in [0.3, 0.4) is 0 Å². The minimum absolute atomic E-state index is 0.00773. The van der Waals surface area contributed by atoms with Crippen LogP contribution in [0.25, 0.3) is 105 Å². The number of hydrogen-bond acceptors (Lipinski definition) is 3. The fourth-order valence-electron chi connectivity index (χ4n) is 8.06. The lowest BCUT2D eigenvalue weighted by molar-refractivity contribution is 1.07. The molecule has 0 spiro atoms. The molecule has 0 saturated heterocycles. The van der Waals surface area contributed by atoms with Crippen molar-refractivity contribution < 1.29 is 6.85 Å². The van der Waals surface area contributed by atoms with Crippen LogP contribution in [-0.2, 0) is 0 Å². The predicted octanol–water partition coefficient (Wildman–Crippen LogP) is 13.1. The maximum atomic E-state index is 8.91. The third-order valence-corrected chi connectivity index (χ3v) is 10.5. The Morgan fingerprint density at radius 2 is 0.855 bits per heavy atom. The summed E-state index contributed by atoms with van der Waals surface area (Å²) in [6.07, 6.45) is 0. The van der Waals surface area contributed by atoms with Gasteiger partial charge in [0.25, 0.3) is 0 Å². The van der Waals surface area contributed by atoms with Crippen molar-refractivity contribution >= 4 is 54.1 Å². The minimum Gasteiger partial charge on any atom is -0.309 e. The van der Waals surface area contributed by atoms with Gasteiger partial charge in [0.05, 0.1) is 17.9 Å². The molecule has 0 aliphatic rings. The van der Waals surface area contributed by atoms with Crippen LogP contribution in [0.2, 0.25) is 0 Å². The summed E-state index contributed by atoms with van der Waals surface area (Å²) >= 11 is 0. The second-order valence-corrected chi connectivity index (χ2v) is 13.6. The number of aromatic nitrogens is 4. The Morgan fingerprint density at radius 1 is 0.345 bits per heavy atom. The number of fused-ring (bicyclic) bond motifs is 9. The highest BCUT2D eigenvalue weighted by Gasteiger charge is 2.21. The van der Waals surface area contributed by atoms with Gasteiger partial charge in [-0.05, 0) is 85.9 Å². The van der Waals surface area contributed by atoms with Gasteiger partial charge in [0.1, 0.15) is 0 Å². The lowest BCUT2D eigenvalue weighted by atomic mass is 9.89. The average molecular weight is 706 g/mol. The Balaban J connectivity index is 1.27. The van der Waals surface area contributed by atoms with Crippen molar-refractivity contribution in [3.8, 4) is 51.0 Å². The molecule has 0 saturated carbocycles. The number of nitrogens with zero attached hydrogens (tertiary/aromatic N) is 4. The number of benzene rings is 9. The van der Waals surface area contributed by atoms with Crippen LogP contribution in [0.15, 0.2) is 194 Å². The molecule has 0 bridgehead atoms. The Kier molecular flexibility index (Phi) is 6.04. The van der Waals surface area contributed by atoms with E-state index in [4.69, 9.17) is 21.8 Å². The van der Waals surface area contributed by atoms with E-state index in [0.29, 0.717) is 22.8 Å². The van der Waals surface area contributed by atoms with Crippen LogP contribution in [0.4, 0.5) is 0 Å². The standard InChI is InChI=1S/C51H32N4/c1-4-16-33(17-5-1)49-52-50(34-18-6-2-7-19-34)54-51(53-49)46-32-44-40-25-13-11-23-38(40)37-22-10-12-24-39(37)43(44)31-42(46)35-28-29-48-45(30-35)41-26-14-15-27-47(41)55(48)36-20-8-3-9-21-36/h1-32H/i1D,4D,5D,16D,17D. The van der Waals surface area contributed by atoms with E-state index >= 15 is 0 Å². The number of hydrogen-bond donors (Lipinski definition) is 0. The highest BCUT2D eigenvalue weighted by Crippen LogP contribution is 2.43.